The van der Waals surface area contributed by atoms with Crippen LogP contribution in [0.2, 0.25) is 0 Å². The number of rotatable bonds is 6. The fourth-order valence-corrected chi connectivity index (χ4v) is 4.20. The van der Waals surface area contributed by atoms with Crippen LogP contribution in [0.25, 0.3) is 22.5 Å². The van der Waals surface area contributed by atoms with Gasteiger partial charge < -0.3 is 4.98 Å². The van der Waals surface area contributed by atoms with Crippen LogP contribution < -0.4 is 5.32 Å². The van der Waals surface area contributed by atoms with Gasteiger partial charge in [-0.2, -0.15) is 0 Å². The van der Waals surface area contributed by atoms with Gasteiger partial charge in [0.05, 0.1) is 16.6 Å². The molecule has 1 amide bonds. The summed E-state index contributed by atoms with van der Waals surface area (Å²) < 4.78 is 0. The molecule has 0 bridgehead atoms. The van der Waals surface area contributed by atoms with E-state index in [1.165, 1.54) is 23.1 Å². The summed E-state index contributed by atoms with van der Waals surface area (Å²) in [6.07, 6.45) is 0. The zero-order valence-electron chi connectivity index (χ0n) is 15.9. The van der Waals surface area contributed by atoms with Gasteiger partial charge >= 0.3 is 0 Å². The van der Waals surface area contributed by atoms with Crippen molar-refractivity contribution in [2.45, 2.75) is 24.3 Å². The summed E-state index contributed by atoms with van der Waals surface area (Å²) in [7, 11) is 0. The predicted octanol–water partition coefficient (Wildman–Crippen LogP) is 5.02. The molecule has 29 heavy (non-hydrogen) atoms. The number of imidazole rings is 1. The van der Waals surface area contributed by atoms with Crippen molar-refractivity contribution < 1.29 is 4.79 Å². The minimum absolute atomic E-state index is 0.134. The van der Waals surface area contributed by atoms with E-state index in [2.05, 4.69) is 20.5 Å². The monoisotopic (exact) mass is 421 g/mol. The van der Waals surface area contributed by atoms with Crippen LogP contribution in [0.4, 0.5) is 5.13 Å². The number of H-pyrrole nitrogens is 1. The van der Waals surface area contributed by atoms with Crippen LogP contribution in [0.3, 0.4) is 0 Å². The Morgan fingerprint density at radius 1 is 1.03 bits per heavy atom. The lowest BCUT2D eigenvalue weighted by Gasteiger charge is -2.07. The Balaban J connectivity index is 1.59. The van der Waals surface area contributed by atoms with Crippen LogP contribution in [0.1, 0.15) is 11.9 Å². The third-order valence-corrected chi connectivity index (χ3v) is 5.94. The molecule has 0 fully saturated rings. The van der Waals surface area contributed by atoms with Gasteiger partial charge in [-0.15, -0.1) is 10.2 Å². The first-order valence-electron chi connectivity index (χ1n) is 9.08. The Labute approximate surface area is 176 Å². The molecular weight excluding hydrogens is 402 g/mol. The third-order valence-electron chi connectivity index (χ3n) is 4.21. The number of hydrogen-bond donors (Lipinski definition) is 2. The van der Waals surface area contributed by atoms with Crippen LogP contribution in [0.15, 0.2) is 65.8 Å². The summed E-state index contributed by atoms with van der Waals surface area (Å²) in [4.78, 5) is 20.7. The molecule has 0 radical (unpaired) electrons. The van der Waals surface area contributed by atoms with E-state index in [-0.39, 0.29) is 11.2 Å². The molecule has 0 saturated carbocycles. The molecule has 6 nitrogen and oxygen atoms in total. The Bertz CT molecular complexity index is 1050. The van der Waals surface area contributed by atoms with Gasteiger partial charge in [0, 0.05) is 11.1 Å². The second-order valence-corrected chi connectivity index (χ2v) is 8.88. The van der Waals surface area contributed by atoms with Gasteiger partial charge in [-0.05, 0) is 13.8 Å². The molecular formula is C21H19N5OS2. The number of carbonyl (C=O) groups is 1. The van der Waals surface area contributed by atoms with E-state index < -0.39 is 0 Å². The van der Waals surface area contributed by atoms with Gasteiger partial charge in [0.25, 0.3) is 0 Å². The fraction of sp³-hybridized carbons (Fsp3) is 0.143. The standard InChI is InChI=1S/C21H19N5OS2/c1-13(19(27)24-21-26-25-14(2)29-21)28-20-22-17(15-9-5-3-6-10-15)18(23-20)16-11-7-4-8-12-16/h3-13H,1-2H3,(H,22,23)(H,24,26,27). The number of nitrogens with one attached hydrogen (secondary N) is 2. The molecule has 4 aromatic rings. The van der Waals surface area contributed by atoms with E-state index in [9.17, 15) is 4.79 Å². The minimum atomic E-state index is -0.349. The molecule has 0 spiro atoms. The number of aryl methyl sites for hydroxylation is 1. The number of thioether (sulfide) groups is 1. The maximum Gasteiger partial charge on any atom is 0.239 e. The van der Waals surface area contributed by atoms with Crippen LogP contribution in [0, 0.1) is 6.92 Å². The molecule has 0 aliphatic carbocycles. The zero-order valence-corrected chi connectivity index (χ0v) is 17.6. The van der Waals surface area contributed by atoms with Gasteiger partial charge in [-0.3, -0.25) is 10.1 Å². The number of carbonyl (C=O) groups excluding carboxylic acids is 1. The first kappa shape index (κ1) is 19.4. The SMILES string of the molecule is Cc1nnc(NC(=O)C(C)Sc2nc(-c3ccccc3)c(-c3ccccc3)[nH]2)s1. The highest BCUT2D eigenvalue weighted by atomic mass is 32.2. The maximum atomic E-state index is 12.5. The number of aromatic nitrogens is 4. The number of anilines is 1. The number of hydrogen-bond acceptors (Lipinski definition) is 6. The average Bonchev–Trinajstić information content (AvgIpc) is 3.35. The van der Waals surface area contributed by atoms with Gasteiger partial charge in [0.15, 0.2) is 5.16 Å². The topological polar surface area (TPSA) is 83.6 Å². The molecule has 2 N–H and O–H groups in total. The van der Waals surface area contributed by atoms with E-state index in [0.717, 1.165) is 27.5 Å². The zero-order chi connectivity index (χ0) is 20.2. The molecule has 1 unspecified atom stereocenters. The average molecular weight is 422 g/mol. The Morgan fingerprint density at radius 3 is 2.31 bits per heavy atom. The molecule has 0 aliphatic rings. The maximum absolute atomic E-state index is 12.5. The summed E-state index contributed by atoms with van der Waals surface area (Å²) in [5.41, 5.74) is 3.88. The summed E-state index contributed by atoms with van der Waals surface area (Å²) in [6, 6.07) is 20.1. The highest BCUT2D eigenvalue weighted by Gasteiger charge is 2.20. The van der Waals surface area contributed by atoms with Crippen molar-refractivity contribution in [3.8, 4) is 22.5 Å². The molecule has 0 aliphatic heterocycles. The van der Waals surface area contributed by atoms with Crippen molar-refractivity contribution in [1.29, 1.82) is 0 Å². The molecule has 4 rings (SSSR count). The Hall–Kier alpha value is -2.97. The Morgan fingerprint density at radius 2 is 1.69 bits per heavy atom. The summed E-state index contributed by atoms with van der Waals surface area (Å²) >= 11 is 2.73. The lowest BCUT2D eigenvalue weighted by molar-refractivity contribution is -0.115. The quantitative estimate of drug-likeness (QED) is 0.427. The smallest absolute Gasteiger partial charge is 0.239 e. The van der Waals surface area contributed by atoms with Crippen LogP contribution in [-0.4, -0.2) is 31.3 Å². The van der Waals surface area contributed by atoms with Crippen LogP contribution in [-0.2, 0) is 4.79 Å². The lowest BCUT2D eigenvalue weighted by atomic mass is 10.1. The molecule has 0 saturated heterocycles. The second-order valence-electron chi connectivity index (χ2n) is 6.37. The normalized spacial score (nSPS) is 11.9. The first-order valence-corrected chi connectivity index (χ1v) is 10.8. The molecule has 2 aromatic carbocycles. The summed E-state index contributed by atoms with van der Waals surface area (Å²) in [5, 5.41) is 12.3. The molecule has 146 valence electrons. The van der Waals surface area contributed by atoms with E-state index in [1.807, 2.05) is 74.5 Å². The van der Waals surface area contributed by atoms with Gasteiger partial charge in [0.1, 0.15) is 5.01 Å². The van der Waals surface area contributed by atoms with Crippen LogP contribution in [0.5, 0.6) is 0 Å². The highest BCUT2D eigenvalue weighted by molar-refractivity contribution is 8.00. The molecule has 1 atom stereocenters. The minimum Gasteiger partial charge on any atom is -0.332 e. The van der Waals surface area contributed by atoms with E-state index in [1.54, 1.807) is 0 Å². The van der Waals surface area contributed by atoms with Crippen LogP contribution >= 0.6 is 23.1 Å². The van der Waals surface area contributed by atoms with E-state index in [0.29, 0.717) is 10.3 Å². The highest BCUT2D eigenvalue weighted by Crippen LogP contribution is 2.33. The van der Waals surface area contributed by atoms with Crippen molar-refractivity contribution in [3.63, 3.8) is 0 Å². The van der Waals surface area contributed by atoms with Crippen molar-refractivity contribution in [1.82, 2.24) is 20.2 Å². The predicted molar refractivity (Wildman–Crippen MR) is 118 cm³/mol. The fourth-order valence-electron chi connectivity index (χ4n) is 2.80. The largest absolute Gasteiger partial charge is 0.332 e. The number of aromatic amines is 1. The lowest BCUT2D eigenvalue weighted by Crippen LogP contribution is -2.22. The molecule has 8 heteroatoms. The van der Waals surface area contributed by atoms with E-state index >= 15 is 0 Å². The number of amides is 1. The van der Waals surface area contributed by atoms with E-state index in [4.69, 9.17) is 4.98 Å². The summed E-state index contributed by atoms with van der Waals surface area (Å²) in [6.45, 7) is 3.70. The van der Waals surface area contributed by atoms with Crippen molar-refractivity contribution >= 4 is 34.1 Å². The molecule has 2 aromatic heterocycles. The van der Waals surface area contributed by atoms with Gasteiger partial charge in [-0.1, -0.05) is 83.8 Å². The molecule has 2 heterocycles. The third kappa shape index (κ3) is 4.55. The number of nitrogens with zero attached hydrogens (tertiary/aromatic N) is 3. The Kier molecular flexibility index (Phi) is 5.73. The first-order chi connectivity index (χ1) is 14.1. The summed E-state index contributed by atoms with van der Waals surface area (Å²) in [5.74, 6) is -0.134. The van der Waals surface area contributed by atoms with Crippen molar-refractivity contribution in [2.24, 2.45) is 0 Å². The van der Waals surface area contributed by atoms with Crippen molar-refractivity contribution in [3.05, 3.63) is 65.7 Å². The number of benzene rings is 2. The second kappa shape index (κ2) is 8.59. The van der Waals surface area contributed by atoms with Crippen molar-refractivity contribution in [2.75, 3.05) is 5.32 Å². The van der Waals surface area contributed by atoms with Gasteiger partial charge in [0.2, 0.25) is 11.0 Å². The van der Waals surface area contributed by atoms with Gasteiger partial charge in [-0.25, -0.2) is 4.98 Å².